The molecule has 0 atom stereocenters. The van der Waals surface area contributed by atoms with E-state index in [9.17, 15) is 0 Å². The van der Waals surface area contributed by atoms with Crippen molar-refractivity contribution in [2.24, 2.45) is 0 Å². The minimum absolute atomic E-state index is 0.0832. The van der Waals surface area contributed by atoms with Gasteiger partial charge in [-0.1, -0.05) is 117 Å². The molecule has 0 amide bonds. The van der Waals surface area contributed by atoms with Crippen LogP contribution in [0.25, 0.3) is 55.3 Å². The smallest absolute Gasteiger partial charge is 0.0538 e. The van der Waals surface area contributed by atoms with Crippen molar-refractivity contribution in [1.29, 1.82) is 0 Å². The van der Waals surface area contributed by atoms with Gasteiger partial charge in [-0.15, -0.1) is 0 Å². The maximum absolute atomic E-state index is 3.35. The number of fused-ring (bicyclic) bond motifs is 6. The van der Waals surface area contributed by atoms with Gasteiger partial charge in [-0.25, -0.2) is 0 Å². The molecule has 10 rings (SSSR count). The number of benzene rings is 6. The molecule has 53 heavy (non-hydrogen) atoms. The topological polar surface area (TPSA) is 20.2 Å². The van der Waals surface area contributed by atoms with Crippen LogP contribution in [-0.2, 0) is 5.41 Å². The first-order valence-electron chi connectivity index (χ1n) is 18.8. The second-order valence-corrected chi connectivity index (χ2v) is 14.9. The van der Waals surface area contributed by atoms with Gasteiger partial charge in [-0.3, -0.25) is 0 Å². The summed E-state index contributed by atoms with van der Waals surface area (Å²) >= 11 is 0. The van der Waals surface area contributed by atoms with Crippen LogP contribution in [0.5, 0.6) is 0 Å². The van der Waals surface area contributed by atoms with Gasteiger partial charge in [0.15, 0.2) is 0 Å². The SMILES string of the molecule is CC1(C)c2ccccc2-c2ccc(N(c3ccc(C4=CNCC=C4)cc3)c3ccc(-c4ccc5c(c4)c4ccccc4n5C4=CC=CCC4)cc3)cc21. The van der Waals surface area contributed by atoms with Crippen molar-refractivity contribution in [2.75, 3.05) is 11.4 Å². The third-order valence-electron chi connectivity index (χ3n) is 11.5. The summed E-state index contributed by atoms with van der Waals surface area (Å²) in [7, 11) is 0. The Labute approximate surface area is 311 Å². The fourth-order valence-electron chi connectivity index (χ4n) is 8.77. The number of nitrogens with zero attached hydrogens (tertiary/aromatic N) is 2. The van der Waals surface area contributed by atoms with E-state index in [1.807, 2.05) is 0 Å². The van der Waals surface area contributed by atoms with E-state index in [2.05, 4.69) is 199 Å². The second-order valence-electron chi connectivity index (χ2n) is 14.9. The van der Waals surface area contributed by atoms with Crippen LogP contribution >= 0.6 is 0 Å². The Morgan fingerprint density at radius 1 is 0.604 bits per heavy atom. The maximum atomic E-state index is 3.35. The number of nitrogens with one attached hydrogen (secondary N) is 1. The molecule has 3 aliphatic rings. The second kappa shape index (κ2) is 12.4. The predicted molar refractivity (Wildman–Crippen MR) is 225 cm³/mol. The van der Waals surface area contributed by atoms with Gasteiger partial charge in [0.2, 0.25) is 0 Å². The number of anilines is 3. The lowest BCUT2D eigenvalue weighted by Gasteiger charge is -2.28. The summed E-state index contributed by atoms with van der Waals surface area (Å²) in [5.74, 6) is 0. The lowest BCUT2D eigenvalue weighted by Crippen LogP contribution is -2.16. The van der Waals surface area contributed by atoms with Crippen LogP contribution in [0.4, 0.5) is 17.1 Å². The lowest BCUT2D eigenvalue weighted by molar-refractivity contribution is 0.660. The zero-order valence-corrected chi connectivity index (χ0v) is 30.2. The Morgan fingerprint density at radius 2 is 1.30 bits per heavy atom. The maximum Gasteiger partial charge on any atom is 0.0538 e. The molecular weight excluding hydrogens is 643 g/mol. The summed E-state index contributed by atoms with van der Waals surface area (Å²) in [6.07, 6.45) is 15.3. The van der Waals surface area contributed by atoms with Gasteiger partial charge >= 0.3 is 0 Å². The molecule has 0 saturated carbocycles. The van der Waals surface area contributed by atoms with Gasteiger partial charge in [0.25, 0.3) is 0 Å². The van der Waals surface area contributed by atoms with E-state index in [0.29, 0.717) is 0 Å². The van der Waals surface area contributed by atoms with E-state index in [-0.39, 0.29) is 5.41 Å². The van der Waals surface area contributed by atoms with Crippen molar-refractivity contribution in [1.82, 2.24) is 9.88 Å². The molecule has 0 spiro atoms. The van der Waals surface area contributed by atoms with Crippen LogP contribution in [0, 0.1) is 0 Å². The van der Waals surface area contributed by atoms with Crippen LogP contribution in [0.15, 0.2) is 170 Å². The van der Waals surface area contributed by atoms with Crippen molar-refractivity contribution in [2.45, 2.75) is 32.1 Å². The van der Waals surface area contributed by atoms with Gasteiger partial charge in [0.1, 0.15) is 0 Å². The molecule has 1 aliphatic heterocycles. The zero-order valence-electron chi connectivity index (χ0n) is 30.2. The first kappa shape index (κ1) is 31.4. The molecule has 0 bridgehead atoms. The Morgan fingerprint density at radius 3 is 2.08 bits per heavy atom. The fourth-order valence-corrected chi connectivity index (χ4v) is 8.77. The van der Waals surface area contributed by atoms with E-state index < -0.39 is 0 Å². The molecule has 0 unspecified atom stereocenters. The monoisotopic (exact) mass is 683 g/mol. The summed E-state index contributed by atoms with van der Waals surface area (Å²) < 4.78 is 2.46. The molecule has 0 saturated heterocycles. The Balaban J connectivity index is 1.06. The third kappa shape index (κ3) is 5.18. The third-order valence-corrected chi connectivity index (χ3v) is 11.5. The number of hydrogen-bond donors (Lipinski definition) is 1. The quantitative estimate of drug-likeness (QED) is 0.188. The first-order chi connectivity index (χ1) is 26.0. The van der Waals surface area contributed by atoms with Crippen LogP contribution in [0.1, 0.15) is 43.4 Å². The van der Waals surface area contributed by atoms with Gasteiger partial charge < -0.3 is 14.8 Å². The molecule has 256 valence electrons. The van der Waals surface area contributed by atoms with Crippen molar-refractivity contribution < 1.29 is 0 Å². The highest BCUT2D eigenvalue weighted by molar-refractivity contribution is 6.11. The summed E-state index contributed by atoms with van der Waals surface area (Å²) in [6.45, 7) is 5.58. The standard InChI is InChI=1S/C50H41N3/c1-50(2)46-16-8-6-14-42(46)43-28-27-41(32-47(43)50)52(40-25-20-35(21-26-40)37-11-10-30-51-33-37)39-23-18-34(19-24-39)36-22-29-49-45(31-36)44-15-7-9-17-48(44)53(49)38-12-4-3-5-13-38/h3-4,6-12,14-29,31-33,51H,5,13,30H2,1-2H3. The predicted octanol–water partition coefficient (Wildman–Crippen LogP) is 12.9. The first-order valence-corrected chi connectivity index (χ1v) is 18.8. The Hall–Kier alpha value is -6.32. The molecule has 0 fully saturated rings. The van der Waals surface area contributed by atoms with E-state index in [1.165, 1.54) is 72.0 Å². The van der Waals surface area contributed by atoms with E-state index in [0.717, 1.165) is 36.4 Å². The molecule has 1 aromatic heterocycles. The summed E-state index contributed by atoms with van der Waals surface area (Å²) in [5, 5.41) is 5.93. The van der Waals surface area contributed by atoms with Crippen molar-refractivity contribution in [3.05, 3.63) is 187 Å². The number of allylic oxidation sites excluding steroid dienone is 6. The number of aromatic nitrogens is 1. The van der Waals surface area contributed by atoms with Crippen LogP contribution < -0.4 is 10.2 Å². The van der Waals surface area contributed by atoms with Gasteiger partial charge in [-0.05, 0) is 118 Å². The molecule has 7 aromatic rings. The molecule has 1 N–H and O–H groups in total. The molecule has 2 aliphatic carbocycles. The van der Waals surface area contributed by atoms with Crippen molar-refractivity contribution in [3.8, 4) is 22.3 Å². The summed E-state index contributed by atoms with van der Waals surface area (Å²) in [4.78, 5) is 2.40. The van der Waals surface area contributed by atoms with E-state index in [1.54, 1.807) is 0 Å². The number of para-hydroxylation sites is 1. The Bertz CT molecular complexity index is 2680. The minimum atomic E-state index is -0.0832. The zero-order chi connectivity index (χ0) is 35.5. The molecular formula is C50H41N3. The largest absolute Gasteiger partial charge is 0.387 e. The lowest BCUT2D eigenvalue weighted by atomic mass is 9.82. The average Bonchev–Trinajstić information content (AvgIpc) is 3.67. The number of rotatable bonds is 6. The van der Waals surface area contributed by atoms with Crippen LogP contribution in [0.2, 0.25) is 0 Å². The van der Waals surface area contributed by atoms with Gasteiger partial charge in [-0.2, -0.15) is 0 Å². The normalized spacial score (nSPS) is 15.5. The highest BCUT2D eigenvalue weighted by atomic mass is 15.1. The van der Waals surface area contributed by atoms with Crippen molar-refractivity contribution >= 4 is 50.1 Å². The van der Waals surface area contributed by atoms with Crippen molar-refractivity contribution in [3.63, 3.8) is 0 Å². The molecule has 6 aromatic carbocycles. The summed E-state index contributed by atoms with van der Waals surface area (Å²) in [5.41, 5.74) is 17.5. The van der Waals surface area contributed by atoms with E-state index >= 15 is 0 Å². The van der Waals surface area contributed by atoms with Gasteiger partial charge in [0, 0.05) is 51.7 Å². The number of dihydropyridines is 1. The van der Waals surface area contributed by atoms with Crippen LogP contribution in [-0.4, -0.2) is 11.1 Å². The van der Waals surface area contributed by atoms with E-state index in [4.69, 9.17) is 0 Å². The van der Waals surface area contributed by atoms with Crippen LogP contribution in [0.3, 0.4) is 0 Å². The summed E-state index contributed by atoms with van der Waals surface area (Å²) in [6, 6.07) is 49.8. The van der Waals surface area contributed by atoms with Gasteiger partial charge in [0.05, 0.1) is 11.0 Å². The molecule has 3 nitrogen and oxygen atoms in total. The Kier molecular flexibility index (Phi) is 7.36. The number of hydrogen-bond acceptors (Lipinski definition) is 2. The molecule has 0 radical (unpaired) electrons. The fraction of sp³-hybridized carbons (Fsp3) is 0.120. The minimum Gasteiger partial charge on any atom is -0.387 e. The molecule has 3 heteroatoms. The average molecular weight is 684 g/mol. The highest BCUT2D eigenvalue weighted by Gasteiger charge is 2.35. The molecule has 2 heterocycles. The highest BCUT2D eigenvalue weighted by Crippen LogP contribution is 2.50.